The van der Waals surface area contributed by atoms with Gasteiger partial charge < -0.3 is 9.64 Å². The molecule has 27 heavy (non-hydrogen) atoms. The Hall–Kier alpha value is -2.13. The van der Waals surface area contributed by atoms with Crippen molar-refractivity contribution in [2.45, 2.75) is 32.0 Å². The number of rotatable bonds is 3. The number of hydrogen-bond acceptors (Lipinski definition) is 5. The Balaban J connectivity index is 1.93. The number of nitrogens with zero attached hydrogens (tertiary/aromatic N) is 4. The molecule has 3 rings (SSSR count). The fourth-order valence-corrected chi connectivity index (χ4v) is 3.09. The van der Waals surface area contributed by atoms with Crippen molar-refractivity contribution in [3.63, 3.8) is 0 Å². The number of anilines is 1. The van der Waals surface area contributed by atoms with E-state index in [2.05, 4.69) is 10.1 Å². The van der Waals surface area contributed by atoms with Gasteiger partial charge in [0.15, 0.2) is 5.82 Å². The lowest BCUT2D eigenvalue weighted by Gasteiger charge is -2.41. The summed E-state index contributed by atoms with van der Waals surface area (Å²) in [5.74, 6) is -0.0400. The van der Waals surface area contributed by atoms with Gasteiger partial charge >= 0.3 is 6.18 Å². The number of aromatic nitrogens is 3. The minimum atomic E-state index is -4.51. The molecule has 0 bridgehead atoms. The molecule has 10 heteroatoms. The van der Waals surface area contributed by atoms with E-state index in [0.29, 0.717) is 31.6 Å². The van der Waals surface area contributed by atoms with Crippen molar-refractivity contribution in [2.24, 2.45) is 0 Å². The minimum absolute atomic E-state index is 0.0400. The molecule has 0 saturated carbocycles. The second-order valence-electron chi connectivity index (χ2n) is 6.54. The number of ether oxygens (including phenoxy) is 1. The highest BCUT2D eigenvalue weighted by Gasteiger charge is 2.32. The molecule has 0 aromatic carbocycles. The fraction of sp³-hybridized carbons (Fsp3) is 0.471. The van der Waals surface area contributed by atoms with E-state index >= 15 is 0 Å². The molecule has 0 amide bonds. The molecule has 1 aliphatic heterocycles. The zero-order valence-electron chi connectivity index (χ0n) is 14.8. The zero-order valence-corrected chi connectivity index (χ0v) is 15.5. The van der Waals surface area contributed by atoms with Crippen molar-refractivity contribution >= 4 is 17.3 Å². The van der Waals surface area contributed by atoms with E-state index in [-0.39, 0.29) is 16.4 Å². The molecule has 2 aromatic heterocycles. The molecular formula is C17H18ClF3N4O2. The summed E-state index contributed by atoms with van der Waals surface area (Å²) in [6, 6.07) is 1.92. The fourth-order valence-electron chi connectivity index (χ4n) is 2.84. The summed E-state index contributed by atoms with van der Waals surface area (Å²) in [4.78, 5) is 18.2. The highest BCUT2D eigenvalue weighted by molar-refractivity contribution is 6.33. The highest BCUT2D eigenvalue weighted by Crippen LogP contribution is 2.30. The van der Waals surface area contributed by atoms with Crippen LogP contribution in [0, 0.1) is 0 Å². The van der Waals surface area contributed by atoms with Gasteiger partial charge in [-0.3, -0.25) is 4.79 Å². The summed E-state index contributed by atoms with van der Waals surface area (Å²) in [5.41, 5.74) is -1.45. The van der Waals surface area contributed by atoms with Gasteiger partial charge in [0.05, 0.1) is 29.7 Å². The van der Waals surface area contributed by atoms with E-state index in [0.717, 1.165) is 23.2 Å². The molecule has 0 radical (unpaired) electrons. The molecule has 2 aromatic rings. The summed E-state index contributed by atoms with van der Waals surface area (Å²) in [7, 11) is 0. The number of pyridine rings is 1. The van der Waals surface area contributed by atoms with Crippen LogP contribution in [0.3, 0.4) is 0 Å². The van der Waals surface area contributed by atoms with Gasteiger partial charge in [0.1, 0.15) is 5.02 Å². The van der Waals surface area contributed by atoms with Crippen LogP contribution in [0.1, 0.15) is 25.8 Å². The van der Waals surface area contributed by atoms with Crippen molar-refractivity contribution in [3.8, 4) is 5.82 Å². The van der Waals surface area contributed by atoms with E-state index in [1.165, 1.54) is 6.20 Å². The van der Waals surface area contributed by atoms with Crippen LogP contribution in [-0.4, -0.2) is 40.1 Å². The van der Waals surface area contributed by atoms with Gasteiger partial charge in [0, 0.05) is 19.3 Å². The maximum absolute atomic E-state index is 12.7. The largest absolute Gasteiger partial charge is 0.417 e. The van der Waals surface area contributed by atoms with Crippen LogP contribution in [0.15, 0.2) is 29.3 Å². The number of morpholine rings is 1. The van der Waals surface area contributed by atoms with E-state index in [9.17, 15) is 18.0 Å². The lowest BCUT2D eigenvalue weighted by atomic mass is 10.0. The average molecular weight is 403 g/mol. The van der Waals surface area contributed by atoms with Crippen LogP contribution >= 0.6 is 11.6 Å². The van der Waals surface area contributed by atoms with Gasteiger partial charge in [-0.2, -0.15) is 23.0 Å². The third-order valence-electron chi connectivity index (χ3n) is 4.62. The predicted molar refractivity (Wildman–Crippen MR) is 94.5 cm³/mol. The number of hydrogen-bond donors (Lipinski definition) is 0. The average Bonchev–Trinajstić information content (AvgIpc) is 2.63. The van der Waals surface area contributed by atoms with Gasteiger partial charge in [-0.1, -0.05) is 18.5 Å². The first-order chi connectivity index (χ1) is 12.6. The molecule has 1 unspecified atom stereocenters. The Kier molecular flexibility index (Phi) is 5.18. The van der Waals surface area contributed by atoms with Crippen LogP contribution in [0.2, 0.25) is 5.02 Å². The predicted octanol–water partition coefficient (Wildman–Crippen LogP) is 3.31. The van der Waals surface area contributed by atoms with Gasteiger partial charge in [-0.05, 0) is 25.5 Å². The smallest absolute Gasteiger partial charge is 0.372 e. The molecule has 1 saturated heterocycles. The highest BCUT2D eigenvalue weighted by atomic mass is 35.5. The molecular weight excluding hydrogens is 385 g/mol. The molecule has 3 heterocycles. The van der Waals surface area contributed by atoms with Crippen LogP contribution in [-0.2, 0) is 10.9 Å². The van der Waals surface area contributed by atoms with Crippen LogP contribution in [0.5, 0.6) is 0 Å². The Morgan fingerprint density at radius 1 is 1.33 bits per heavy atom. The molecule has 0 N–H and O–H groups in total. The maximum Gasteiger partial charge on any atom is 0.417 e. The molecule has 1 fully saturated rings. The minimum Gasteiger partial charge on any atom is -0.372 e. The van der Waals surface area contributed by atoms with Gasteiger partial charge in [-0.15, -0.1) is 0 Å². The first kappa shape index (κ1) is 19.6. The Morgan fingerprint density at radius 3 is 2.67 bits per heavy atom. The lowest BCUT2D eigenvalue weighted by molar-refractivity contribution is -0.137. The lowest BCUT2D eigenvalue weighted by Crippen LogP contribution is -2.50. The maximum atomic E-state index is 12.7. The summed E-state index contributed by atoms with van der Waals surface area (Å²) in [6.45, 7) is 5.58. The summed E-state index contributed by atoms with van der Waals surface area (Å²) in [5, 5.41) is 3.98. The van der Waals surface area contributed by atoms with Crippen LogP contribution in [0.25, 0.3) is 5.82 Å². The zero-order chi connectivity index (χ0) is 19.8. The van der Waals surface area contributed by atoms with Crippen molar-refractivity contribution in [1.29, 1.82) is 0 Å². The molecule has 0 aliphatic carbocycles. The molecule has 1 atom stereocenters. The van der Waals surface area contributed by atoms with E-state index in [4.69, 9.17) is 16.3 Å². The second-order valence-corrected chi connectivity index (χ2v) is 6.92. The van der Waals surface area contributed by atoms with Crippen LogP contribution in [0.4, 0.5) is 18.9 Å². The third-order valence-corrected chi connectivity index (χ3v) is 4.97. The summed E-state index contributed by atoms with van der Waals surface area (Å²) < 4.78 is 44.6. The van der Waals surface area contributed by atoms with E-state index in [1.807, 2.05) is 18.7 Å². The van der Waals surface area contributed by atoms with Gasteiger partial charge in [-0.25, -0.2) is 4.98 Å². The summed E-state index contributed by atoms with van der Waals surface area (Å²) >= 11 is 6.26. The Labute approximate surface area is 158 Å². The quantitative estimate of drug-likeness (QED) is 0.788. The van der Waals surface area contributed by atoms with E-state index in [1.54, 1.807) is 0 Å². The van der Waals surface area contributed by atoms with Crippen molar-refractivity contribution in [3.05, 3.63) is 45.5 Å². The molecule has 6 nitrogen and oxygen atoms in total. The Morgan fingerprint density at radius 2 is 2.07 bits per heavy atom. The topological polar surface area (TPSA) is 60.2 Å². The standard InChI is InChI=1S/C17H18ClF3N4O2/c1-3-16(2)10-24(6-7-27-16)12-9-23-25(15(26)14(12)18)13-5-4-11(8-22-13)17(19,20)21/h4-5,8-9H,3,6-7,10H2,1-2H3. The normalized spacial score (nSPS) is 20.7. The van der Waals surface area contributed by atoms with E-state index < -0.39 is 17.3 Å². The third kappa shape index (κ3) is 3.93. The van der Waals surface area contributed by atoms with Crippen LogP contribution < -0.4 is 10.5 Å². The van der Waals surface area contributed by atoms with Crippen molar-refractivity contribution < 1.29 is 17.9 Å². The molecule has 0 spiro atoms. The second kappa shape index (κ2) is 7.12. The van der Waals surface area contributed by atoms with Gasteiger partial charge in [0.25, 0.3) is 5.56 Å². The Bertz CT molecular complexity index is 885. The van der Waals surface area contributed by atoms with Crippen molar-refractivity contribution in [2.75, 3.05) is 24.6 Å². The SMILES string of the molecule is CCC1(C)CN(c2cnn(-c3ccc(C(F)(F)F)cn3)c(=O)c2Cl)CCO1. The number of alkyl halides is 3. The summed E-state index contributed by atoms with van der Waals surface area (Å²) in [6.07, 6.45) is -1.64. The molecule has 1 aliphatic rings. The first-order valence-corrected chi connectivity index (χ1v) is 8.73. The molecule has 146 valence electrons. The van der Waals surface area contributed by atoms with Crippen molar-refractivity contribution in [1.82, 2.24) is 14.8 Å². The first-order valence-electron chi connectivity index (χ1n) is 8.35. The monoisotopic (exact) mass is 402 g/mol. The van der Waals surface area contributed by atoms with Gasteiger partial charge in [0.2, 0.25) is 0 Å². The number of halogens is 4.